The van der Waals surface area contributed by atoms with Gasteiger partial charge in [0.1, 0.15) is 5.82 Å². The van der Waals surface area contributed by atoms with Crippen molar-refractivity contribution in [3.63, 3.8) is 0 Å². The molecule has 0 aromatic carbocycles. The predicted molar refractivity (Wildman–Crippen MR) is 64.7 cm³/mol. The van der Waals surface area contributed by atoms with Crippen molar-refractivity contribution >= 4 is 17.3 Å². The van der Waals surface area contributed by atoms with E-state index in [1.807, 2.05) is 13.8 Å². The van der Waals surface area contributed by atoms with Crippen molar-refractivity contribution < 1.29 is 10.0 Å². The zero-order valence-corrected chi connectivity index (χ0v) is 9.80. The number of aliphatic hydroxyl groups is 1. The van der Waals surface area contributed by atoms with Crippen molar-refractivity contribution in [1.82, 2.24) is 4.98 Å². The molecule has 0 aliphatic carbocycles. The number of anilines is 2. The Morgan fingerprint density at radius 3 is 2.71 bits per heavy atom. The van der Waals surface area contributed by atoms with Crippen LogP contribution in [0.1, 0.15) is 13.8 Å². The number of nitrogen functional groups attached to an aromatic ring is 1. The maximum Gasteiger partial charge on any atom is 0.311 e. The van der Waals surface area contributed by atoms with Crippen LogP contribution in [0.4, 0.5) is 17.3 Å². The molecule has 4 N–H and O–H groups in total. The quantitative estimate of drug-likeness (QED) is 0.522. The number of aromatic nitrogens is 1. The molecule has 0 fully saturated rings. The first-order valence-electron chi connectivity index (χ1n) is 5.11. The van der Waals surface area contributed by atoms with Crippen LogP contribution in [0.3, 0.4) is 0 Å². The molecule has 7 nitrogen and oxygen atoms in total. The average Bonchev–Trinajstić information content (AvgIpc) is 2.26. The number of pyridine rings is 1. The van der Waals surface area contributed by atoms with Crippen LogP contribution in [-0.4, -0.2) is 28.2 Å². The summed E-state index contributed by atoms with van der Waals surface area (Å²) in [6, 6.07) is 2.79. The molecule has 0 saturated carbocycles. The largest absolute Gasteiger partial charge is 0.396 e. The second-order valence-corrected chi connectivity index (χ2v) is 4.53. The van der Waals surface area contributed by atoms with E-state index in [2.05, 4.69) is 10.3 Å². The smallest absolute Gasteiger partial charge is 0.311 e. The lowest BCUT2D eigenvalue weighted by molar-refractivity contribution is -0.384. The number of nitrogens with two attached hydrogens (primary N) is 1. The number of nitro groups is 1. The third-order valence-electron chi connectivity index (χ3n) is 2.28. The average molecular weight is 240 g/mol. The van der Waals surface area contributed by atoms with Crippen LogP contribution in [0.5, 0.6) is 0 Å². The zero-order chi connectivity index (χ0) is 13.1. The molecule has 94 valence electrons. The fourth-order valence-electron chi connectivity index (χ4n) is 1.11. The van der Waals surface area contributed by atoms with Crippen LogP contribution in [0.15, 0.2) is 12.1 Å². The lowest BCUT2D eigenvalue weighted by Gasteiger charge is -2.22. The topological polar surface area (TPSA) is 114 Å². The second kappa shape index (κ2) is 4.96. The van der Waals surface area contributed by atoms with Crippen LogP contribution >= 0.6 is 0 Å². The van der Waals surface area contributed by atoms with Gasteiger partial charge < -0.3 is 16.2 Å². The Hall–Kier alpha value is -1.89. The third kappa shape index (κ3) is 3.56. The van der Waals surface area contributed by atoms with E-state index in [4.69, 9.17) is 10.8 Å². The van der Waals surface area contributed by atoms with Gasteiger partial charge in [0.15, 0.2) is 0 Å². The van der Waals surface area contributed by atoms with Crippen molar-refractivity contribution in [3.8, 4) is 0 Å². The molecule has 0 atom stereocenters. The molecule has 0 saturated heterocycles. The summed E-state index contributed by atoms with van der Waals surface area (Å²) in [4.78, 5) is 13.8. The molecule has 0 bridgehead atoms. The summed E-state index contributed by atoms with van der Waals surface area (Å²) >= 11 is 0. The van der Waals surface area contributed by atoms with E-state index < -0.39 is 4.92 Å². The summed E-state index contributed by atoms with van der Waals surface area (Å²) < 4.78 is 0. The SMILES string of the molecule is CC(C)(CO)CNc1ccc([N+](=O)[O-])c(N)n1. The molecule has 0 unspecified atom stereocenters. The van der Waals surface area contributed by atoms with Gasteiger partial charge in [-0.05, 0) is 6.07 Å². The molecular weight excluding hydrogens is 224 g/mol. The van der Waals surface area contributed by atoms with Gasteiger partial charge in [0.05, 0.1) is 4.92 Å². The molecule has 1 aromatic heterocycles. The van der Waals surface area contributed by atoms with Crippen molar-refractivity contribution in [1.29, 1.82) is 0 Å². The minimum atomic E-state index is -0.580. The van der Waals surface area contributed by atoms with Crippen LogP contribution in [-0.2, 0) is 0 Å². The van der Waals surface area contributed by atoms with Gasteiger partial charge in [-0.15, -0.1) is 0 Å². The van der Waals surface area contributed by atoms with Gasteiger partial charge in [-0.3, -0.25) is 10.1 Å². The fraction of sp³-hybridized carbons (Fsp3) is 0.500. The zero-order valence-electron chi connectivity index (χ0n) is 9.80. The van der Waals surface area contributed by atoms with Crippen LogP contribution in [0.2, 0.25) is 0 Å². The predicted octanol–water partition coefficient (Wildman–Crippen LogP) is 1.00. The minimum Gasteiger partial charge on any atom is -0.396 e. The maximum atomic E-state index is 10.5. The first-order chi connectivity index (χ1) is 7.85. The number of nitrogens with zero attached hydrogens (tertiary/aromatic N) is 2. The maximum absolute atomic E-state index is 10.5. The molecule has 0 spiro atoms. The van der Waals surface area contributed by atoms with Gasteiger partial charge in [0, 0.05) is 24.6 Å². The normalized spacial score (nSPS) is 11.2. The van der Waals surface area contributed by atoms with E-state index in [0.29, 0.717) is 12.4 Å². The van der Waals surface area contributed by atoms with Crippen molar-refractivity contribution in [2.24, 2.45) is 5.41 Å². The second-order valence-electron chi connectivity index (χ2n) is 4.53. The van der Waals surface area contributed by atoms with Gasteiger partial charge in [0.25, 0.3) is 0 Å². The Kier molecular flexibility index (Phi) is 3.84. The highest BCUT2D eigenvalue weighted by Gasteiger charge is 2.17. The van der Waals surface area contributed by atoms with E-state index in [1.165, 1.54) is 12.1 Å². The monoisotopic (exact) mass is 240 g/mol. The number of hydrogen-bond donors (Lipinski definition) is 3. The highest BCUT2D eigenvalue weighted by atomic mass is 16.6. The molecular formula is C10H16N4O3. The Balaban J connectivity index is 2.75. The first-order valence-corrected chi connectivity index (χ1v) is 5.11. The lowest BCUT2D eigenvalue weighted by Crippen LogP contribution is -2.27. The van der Waals surface area contributed by atoms with E-state index in [9.17, 15) is 10.1 Å². The van der Waals surface area contributed by atoms with Gasteiger partial charge >= 0.3 is 5.69 Å². The molecule has 1 aromatic rings. The molecule has 1 rings (SSSR count). The summed E-state index contributed by atoms with van der Waals surface area (Å²) in [5, 5.41) is 22.6. The van der Waals surface area contributed by atoms with Crippen LogP contribution in [0, 0.1) is 15.5 Å². The molecule has 0 amide bonds. The van der Waals surface area contributed by atoms with Crippen LogP contribution in [0.25, 0.3) is 0 Å². The number of rotatable bonds is 5. The lowest BCUT2D eigenvalue weighted by atomic mass is 9.95. The highest BCUT2D eigenvalue weighted by Crippen LogP contribution is 2.21. The molecule has 1 heterocycles. The van der Waals surface area contributed by atoms with E-state index >= 15 is 0 Å². The molecule has 0 radical (unpaired) electrons. The molecule has 7 heteroatoms. The highest BCUT2D eigenvalue weighted by molar-refractivity contribution is 5.57. The Bertz CT molecular complexity index is 420. The van der Waals surface area contributed by atoms with E-state index in [1.54, 1.807) is 0 Å². The summed E-state index contributed by atoms with van der Waals surface area (Å²) in [5.41, 5.74) is 4.95. The van der Waals surface area contributed by atoms with Crippen LogP contribution < -0.4 is 11.1 Å². The van der Waals surface area contributed by atoms with E-state index in [-0.39, 0.29) is 23.5 Å². The van der Waals surface area contributed by atoms with E-state index in [0.717, 1.165) is 0 Å². The molecule has 0 aliphatic rings. The Morgan fingerprint density at radius 1 is 1.59 bits per heavy atom. The van der Waals surface area contributed by atoms with Crippen molar-refractivity contribution in [3.05, 3.63) is 22.2 Å². The summed E-state index contributed by atoms with van der Waals surface area (Å²) in [6.07, 6.45) is 0. The van der Waals surface area contributed by atoms with Crippen molar-refractivity contribution in [2.75, 3.05) is 24.2 Å². The van der Waals surface area contributed by atoms with Gasteiger partial charge in [-0.2, -0.15) is 0 Å². The fourth-order valence-corrected chi connectivity index (χ4v) is 1.11. The summed E-state index contributed by atoms with van der Waals surface area (Å²) in [7, 11) is 0. The van der Waals surface area contributed by atoms with Gasteiger partial charge in [-0.25, -0.2) is 4.98 Å². The molecule has 17 heavy (non-hydrogen) atoms. The van der Waals surface area contributed by atoms with Gasteiger partial charge in [-0.1, -0.05) is 13.8 Å². The molecule has 0 aliphatic heterocycles. The van der Waals surface area contributed by atoms with Crippen molar-refractivity contribution in [2.45, 2.75) is 13.8 Å². The number of hydrogen-bond acceptors (Lipinski definition) is 6. The third-order valence-corrected chi connectivity index (χ3v) is 2.28. The Labute approximate surface area is 98.8 Å². The number of aliphatic hydroxyl groups excluding tert-OH is 1. The summed E-state index contributed by atoms with van der Waals surface area (Å²) in [6.45, 7) is 4.29. The minimum absolute atomic E-state index is 0.0302. The Morgan fingerprint density at radius 2 is 2.24 bits per heavy atom. The first kappa shape index (κ1) is 13.2. The number of nitrogens with one attached hydrogen (secondary N) is 1. The van der Waals surface area contributed by atoms with Gasteiger partial charge in [0.2, 0.25) is 5.82 Å². The standard InChI is InChI=1S/C10H16N4O3/c1-10(2,6-15)5-12-8-4-3-7(14(16)17)9(11)13-8/h3-4,15H,5-6H2,1-2H3,(H3,11,12,13). The summed E-state index contributed by atoms with van der Waals surface area (Å²) in [5.74, 6) is 0.330.